The Morgan fingerprint density at radius 2 is 1.02 bits per heavy atom. The number of aliphatic imine (C=N–C) groups is 2. The van der Waals surface area contributed by atoms with Crippen LogP contribution in [0.5, 0.6) is 5.75 Å². The van der Waals surface area contributed by atoms with Gasteiger partial charge >= 0.3 is 24.3 Å². The van der Waals surface area contributed by atoms with Crippen LogP contribution in [0.3, 0.4) is 0 Å². The number of carboxylic acid groups (broad SMARTS) is 2. The van der Waals surface area contributed by atoms with E-state index in [0.29, 0.717) is 37.2 Å². The number of nitrogens with zero attached hydrogens (tertiary/aromatic N) is 2. The summed E-state index contributed by atoms with van der Waals surface area (Å²) in [7, 11) is 0. The zero-order chi connectivity index (χ0) is 48.6. The number of carbonyl (C=O) groups excluding carboxylic acids is 5. The third-order valence-corrected chi connectivity index (χ3v) is 9.31. The van der Waals surface area contributed by atoms with Gasteiger partial charge in [-0.2, -0.15) is 26.3 Å². The topological polar surface area (TPSA) is 369 Å². The number of benzene rings is 1. The van der Waals surface area contributed by atoms with Crippen LogP contribution < -0.4 is 49.5 Å². The number of rotatable bonds is 13. The van der Waals surface area contributed by atoms with E-state index in [1.807, 2.05) is 0 Å². The maximum atomic E-state index is 13.8. The minimum atomic E-state index is -5.08. The molecule has 1 saturated carbocycles. The Labute approximate surface area is 362 Å². The second-order valence-electron chi connectivity index (χ2n) is 14.5. The van der Waals surface area contributed by atoms with Crippen molar-refractivity contribution in [1.29, 1.82) is 0 Å². The summed E-state index contributed by atoms with van der Waals surface area (Å²) in [4.78, 5) is 93.6. The standard InChI is InChI=1S/C33H53N11O6.2C2HF3O2/c34-32(35)38-16-4-8-23-30(49)44-25(15-12-20-6-2-1-3-7-20)28(47)40-19-27(46)41-26(18-21-10-13-22(45)14-11-21)31(50)43-24(29(48)42-23)9-5-17-39-33(36)37;2*3-2(4,5)1(6)7/h10-11,13-14,20,23-26,45H,1-9,12,15-19H2,(H,40,47)(H,41,46)(H,42,48)(H,43,50)(H,44,49)(H4,34,35,38)(H4,36,37,39);2*(H,6,7)/t23-,24-,25-,26+;;/m0../s1. The van der Waals surface area contributed by atoms with Crippen molar-refractivity contribution in [2.24, 2.45) is 38.8 Å². The summed E-state index contributed by atoms with van der Waals surface area (Å²) in [5, 5.41) is 37.5. The highest BCUT2D eigenvalue weighted by atomic mass is 19.4. The molecule has 1 aromatic rings. The number of guanidine groups is 2. The van der Waals surface area contributed by atoms with Gasteiger partial charge < -0.3 is 64.8 Å². The predicted molar refractivity (Wildman–Crippen MR) is 216 cm³/mol. The van der Waals surface area contributed by atoms with Gasteiger partial charge in [-0.05, 0) is 62.1 Å². The Hall–Kier alpha value is -6.57. The monoisotopic (exact) mass is 927 g/mol. The molecule has 2 aliphatic rings. The highest BCUT2D eigenvalue weighted by Crippen LogP contribution is 2.28. The first-order valence-electron chi connectivity index (χ1n) is 19.8. The molecule has 0 bridgehead atoms. The van der Waals surface area contributed by atoms with Crippen LogP contribution in [-0.4, -0.2) is 125 Å². The molecule has 1 aliphatic carbocycles. The smallest absolute Gasteiger partial charge is 0.490 e. The SMILES string of the molecule is NC(N)=NCCC[C@@H]1NC(=O)[C@H](CCCN=C(N)N)NC(=O)[C@@H](Cc2ccc(O)cc2)NC(=O)CNC(=O)[C@H](CCC2CCCCC2)NC1=O.O=C(O)C(F)(F)F.O=C(O)C(F)(F)F. The van der Waals surface area contributed by atoms with Crippen molar-refractivity contribution in [1.82, 2.24) is 26.6 Å². The van der Waals surface area contributed by atoms with Crippen LogP contribution in [0.4, 0.5) is 26.3 Å². The maximum Gasteiger partial charge on any atom is 0.490 e. The van der Waals surface area contributed by atoms with Gasteiger partial charge in [0.2, 0.25) is 29.5 Å². The van der Waals surface area contributed by atoms with Gasteiger partial charge in [-0.15, -0.1) is 0 Å². The molecule has 16 N–H and O–H groups in total. The van der Waals surface area contributed by atoms with Gasteiger partial charge in [-0.25, -0.2) is 9.59 Å². The summed E-state index contributed by atoms with van der Waals surface area (Å²) >= 11 is 0. The van der Waals surface area contributed by atoms with E-state index in [9.17, 15) is 55.4 Å². The molecule has 1 aromatic carbocycles. The molecule has 0 radical (unpaired) electrons. The second-order valence-corrected chi connectivity index (χ2v) is 14.5. The van der Waals surface area contributed by atoms with Crippen LogP contribution in [0.2, 0.25) is 0 Å². The number of carbonyl (C=O) groups is 7. The number of amides is 5. The van der Waals surface area contributed by atoms with Crippen molar-refractivity contribution in [3.8, 4) is 5.75 Å². The first kappa shape index (κ1) is 55.4. The van der Waals surface area contributed by atoms with Crippen LogP contribution in [0.15, 0.2) is 34.3 Å². The number of aromatic hydroxyl groups is 1. The van der Waals surface area contributed by atoms with Gasteiger partial charge in [0.25, 0.3) is 0 Å². The second kappa shape index (κ2) is 27.5. The van der Waals surface area contributed by atoms with Gasteiger partial charge in [0.15, 0.2) is 11.9 Å². The first-order valence-corrected chi connectivity index (χ1v) is 19.8. The van der Waals surface area contributed by atoms with E-state index >= 15 is 0 Å². The first-order chi connectivity index (χ1) is 29.8. The fraction of sp³-hybridized carbons (Fsp3) is 0.595. The van der Waals surface area contributed by atoms with Crippen LogP contribution in [0.25, 0.3) is 0 Å². The average molecular weight is 928 g/mol. The Kier molecular flexibility index (Phi) is 23.8. The lowest BCUT2D eigenvalue weighted by Crippen LogP contribution is -2.57. The Morgan fingerprint density at radius 3 is 1.42 bits per heavy atom. The van der Waals surface area contributed by atoms with Crippen molar-refractivity contribution in [3.63, 3.8) is 0 Å². The lowest BCUT2D eigenvalue weighted by atomic mass is 9.85. The van der Waals surface area contributed by atoms with Crippen LogP contribution in [0, 0.1) is 5.92 Å². The Balaban J connectivity index is 0.00000126. The predicted octanol–water partition coefficient (Wildman–Crippen LogP) is -0.262. The van der Waals surface area contributed by atoms with Crippen LogP contribution in [0.1, 0.15) is 76.2 Å². The molecule has 1 heterocycles. The lowest BCUT2D eigenvalue weighted by Gasteiger charge is -2.27. The number of carboxylic acids is 2. The third-order valence-electron chi connectivity index (χ3n) is 9.31. The highest BCUT2D eigenvalue weighted by molar-refractivity contribution is 5.97. The molecule has 0 aromatic heterocycles. The van der Waals surface area contributed by atoms with Crippen molar-refractivity contribution in [2.45, 2.75) is 114 Å². The fourth-order valence-electron chi connectivity index (χ4n) is 6.12. The van der Waals surface area contributed by atoms with E-state index in [0.717, 1.165) is 25.7 Å². The molecule has 0 unspecified atom stereocenters. The van der Waals surface area contributed by atoms with E-state index in [1.54, 1.807) is 12.1 Å². The minimum Gasteiger partial charge on any atom is -0.508 e. The van der Waals surface area contributed by atoms with E-state index in [-0.39, 0.29) is 50.0 Å². The van der Waals surface area contributed by atoms with E-state index < -0.39 is 84.5 Å². The van der Waals surface area contributed by atoms with Gasteiger partial charge in [0, 0.05) is 19.5 Å². The molecule has 360 valence electrons. The summed E-state index contributed by atoms with van der Waals surface area (Å²) < 4.78 is 63.5. The third kappa shape index (κ3) is 23.6. The molecule has 5 amide bonds. The fourth-order valence-corrected chi connectivity index (χ4v) is 6.12. The van der Waals surface area contributed by atoms with Crippen LogP contribution in [-0.2, 0) is 40.0 Å². The lowest BCUT2D eigenvalue weighted by molar-refractivity contribution is -0.193. The molecule has 0 spiro atoms. The highest BCUT2D eigenvalue weighted by Gasteiger charge is 2.39. The molecule has 27 heteroatoms. The molecule has 4 atom stereocenters. The van der Waals surface area contributed by atoms with Gasteiger partial charge in [-0.1, -0.05) is 44.2 Å². The number of hydrogen-bond donors (Lipinski definition) is 12. The summed E-state index contributed by atoms with van der Waals surface area (Å²) in [6.45, 7) is -0.0808. The molecular formula is C37H55F6N11O10. The number of phenols is 1. The largest absolute Gasteiger partial charge is 0.508 e. The van der Waals surface area contributed by atoms with Crippen LogP contribution >= 0.6 is 0 Å². The summed E-state index contributed by atoms with van der Waals surface area (Å²) in [5.41, 5.74) is 22.4. The zero-order valence-electron chi connectivity index (χ0n) is 34.5. The average Bonchev–Trinajstić information content (AvgIpc) is 3.20. The van der Waals surface area contributed by atoms with E-state index in [4.69, 9.17) is 42.7 Å². The van der Waals surface area contributed by atoms with Crippen molar-refractivity contribution < 1.29 is 75.2 Å². The minimum absolute atomic E-state index is 0.0195. The number of halogens is 6. The van der Waals surface area contributed by atoms with Gasteiger partial charge in [-0.3, -0.25) is 34.0 Å². The Bertz CT molecular complexity index is 1740. The molecule has 64 heavy (non-hydrogen) atoms. The number of nitrogens with two attached hydrogens (primary N) is 4. The van der Waals surface area contributed by atoms with Gasteiger partial charge in [0.05, 0.1) is 6.54 Å². The number of aliphatic carboxylic acids is 2. The Morgan fingerprint density at radius 1 is 0.609 bits per heavy atom. The van der Waals surface area contributed by atoms with Crippen molar-refractivity contribution >= 4 is 53.4 Å². The summed E-state index contributed by atoms with van der Waals surface area (Å²) in [5.74, 6) is -8.43. The molecule has 3 rings (SSSR count). The maximum absolute atomic E-state index is 13.8. The number of hydrogen-bond acceptors (Lipinski definition) is 10. The normalized spacial score (nSPS) is 20.2. The summed E-state index contributed by atoms with van der Waals surface area (Å²) in [6.07, 6.45) is -2.76. The molecule has 21 nitrogen and oxygen atoms in total. The van der Waals surface area contributed by atoms with Gasteiger partial charge in [0.1, 0.15) is 29.9 Å². The number of phenolic OH excluding ortho intramolecular Hbond substituents is 1. The van der Waals surface area contributed by atoms with E-state index in [1.165, 1.54) is 18.6 Å². The number of alkyl halides is 6. The molecular weight excluding hydrogens is 872 g/mol. The molecule has 1 aliphatic heterocycles. The van der Waals surface area contributed by atoms with E-state index in [2.05, 4.69) is 36.6 Å². The summed E-state index contributed by atoms with van der Waals surface area (Å²) in [6, 6.07) is 1.74. The number of nitrogens with one attached hydrogen (secondary N) is 5. The van der Waals surface area contributed by atoms with Crippen molar-refractivity contribution in [2.75, 3.05) is 19.6 Å². The molecule has 2 fully saturated rings. The zero-order valence-corrected chi connectivity index (χ0v) is 34.5. The quantitative estimate of drug-likeness (QED) is 0.0525. The molecule has 1 saturated heterocycles. The van der Waals surface area contributed by atoms with Crippen molar-refractivity contribution in [3.05, 3.63) is 29.8 Å².